The molecule has 0 saturated heterocycles. The van der Waals surface area contributed by atoms with Gasteiger partial charge in [0, 0.05) is 35.5 Å². The van der Waals surface area contributed by atoms with Gasteiger partial charge >= 0.3 is 0 Å². The molecule has 0 amide bonds. The Morgan fingerprint density at radius 1 is 1.17 bits per heavy atom. The van der Waals surface area contributed by atoms with Crippen LogP contribution in [-0.4, -0.2) is 20.2 Å². The Kier molecular flexibility index (Phi) is 3.63. The van der Waals surface area contributed by atoms with Crippen molar-refractivity contribution in [1.82, 2.24) is 10.2 Å². The molecule has 116 valence electrons. The smallest absolute Gasteiger partial charge is 0.269 e. The number of nitro groups is 1. The molecule has 0 spiro atoms. The minimum Gasteiger partial charge on any atom is -0.505 e. The van der Waals surface area contributed by atoms with Gasteiger partial charge in [0.2, 0.25) is 0 Å². The van der Waals surface area contributed by atoms with E-state index < -0.39 is 16.5 Å². The van der Waals surface area contributed by atoms with Crippen molar-refractivity contribution < 1.29 is 14.4 Å². The maximum Gasteiger partial charge on any atom is 0.269 e. The van der Waals surface area contributed by atoms with Crippen molar-refractivity contribution in [3.05, 3.63) is 64.5 Å². The first kappa shape index (κ1) is 14.5. The SMILES string of the molecule is O=[N+]([O-])c1ccc(-c2cc(Nc3ccc(O)c(F)c3)n[nH]2)cc1. The van der Waals surface area contributed by atoms with Gasteiger partial charge in [-0.3, -0.25) is 15.2 Å². The first-order chi connectivity index (χ1) is 11.0. The van der Waals surface area contributed by atoms with Crippen LogP contribution in [0.2, 0.25) is 0 Å². The summed E-state index contributed by atoms with van der Waals surface area (Å²) in [5.41, 5.74) is 1.82. The summed E-state index contributed by atoms with van der Waals surface area (Å²) >= 11 is 0. The van der Waals surface area contributed by atoms with E-state index in [1.165, 1.54) is 24.3 Å². The number of hydrogen-bond donors (Lipinski definition) is 3. The van der Waals surface area contributed by atoms with Gasteiger partial charge < -0.3 is 10.4 Å². The molecule has 2 aromatic carbocycles. The second-order valence-electron chi connectivity index (χ2n) is 4.76. The van der Waals surface area contributed by atoms with E-state index in [0.29, 0.717) is 17.2 Å². The fraction of sp³-hybridized carbons (Fsp3) is 0. The fourth-order valence-corrected chi connectivity index (χ4v) is 2.03. The van der Waals surface area contributed by atoms with Crippen molar-refractivity contribution in [2.75, 3.05) is 5.32 Å². The van der Waals surface area contributed by atoms with Crippen molar-refractivity contribution >= 4 is 17.2 Å². The number of aromatic amines is 1. The highest BCUT2D eigenvalue weighted by Crippen LogP contribution is 2.25. The van der Waals surface area contributed by atoms with Crippen LogP contribution < -0.4 is 5.32 Å². The van der Waals surface area contributed by atoms with E-state index in [1.54, 1.807) is 18.2 Å². The van der Waals surface area contributed by atoms with Gasteiger partial charge in [-0.2, -0.15) is 5.10 Å². The van der Waals surface area contributed by atoms with Crippen LogP contribution in [0.3, 0.4) is 0 Å². The van der Waals surface area contributed by atoms with Crippen LogP contribution in [0.5, 0.6) is 5.75 Å². The molecular weight excluding hydrogens is 303 g/mol. The number of nitrogens with one attached hydrogen (secondary N) is 2. The van der Waals surface area contributed by atoms with Crippen LogP contribution in [0.25, 0.3) is 11.3 Å². The van der Waals surface area contributed by atoms with Gasteiger partial charge in [-0.25, -0.2) is 4.39 Å². The molecule has 0 atom stereocenters. The zero-order chi connectivity index (χ0) is 16.4. The highest BCUT2D eigenvalue weighted by Gasteiger charge is 2.08. The number of benzene rings is 2. The Balaban J connectivity index is 1.79. The lowest BCUT2D eigenvalue weighted by molar-refractivity contribution is -0.384. The molecule has 0 aliphatic rings. The zero-order valence-corrected chi connectivity index (χ0v) is 11.7. The molecule has 0 fully saturated rings. The lowest BCUT2D eigenvalue weighted by atomic mass is 10.1. The average molecular weight is 314 g/mol. The van der Waals surface area contributed by atoms with Gasteiger partial charge in [-0.1, -0.05) is 0 Å². The van der Waals surface area contributed by atoms with E-state index in [1.807, 2.05) is 0 Å². The molecule has 0 bridgehead atoms. The van der Waals surface area contributed by atoms with E-state index in [9.17, 15) is 14.5 Å². The molecule has 3 N–H and O–H groups in total. The molecule has 3 aromatic rings. The summed E-state index contributed by atoms with van der Waals surface area (Å²) in [7, 11) is 0. The maximum absolute atomic E-state index is 13.3. The highest BCUT2D eigenvalue weighted by atomic mass is 19.1. The second-order valence-corrected chi connectivity index (χ2v) is 4.76. The van der Waals surface area contributed by atoms with Crippen LogP contribution in [0, 0.1) is 15.9 Å². The van der Waals surface area contributed by atoms with Gasteiger partial charge in [0.25, 0.3) is 5.69 Å². The third-order valence-corrected chi connectivity index (χ3v) is 3.19. The predicted molar refractivity (Wildman–Crippen MR) is 82.0 cm³/mol. The Bertz CT molecular complexity index is 861. The molecule has 1 aromatic heterocycles. The predicted octanol–water partition coefficient (Wildman–Crippen LogP) is 3.57. The van der Waals surface area contributed by atoms with E-state index in [2.05, 4.69) is 15.5 Å². The van der Waals surface area contributed by atoms with Crippen molar-refractivity contribution in [3.8, 4) is 17.0 Å². The molecule has 0 unspecified atom stereocenters. The first-order valence-corrected chi connectivity index (χ1v) is 6.59. The minimum atomic E-state index is -0.735. The Labute approximate surface area is 129 Å². The molecule has 23 heavy (non-hydrogen) atoms. The molecule has 7 nitrogen and oxygen atoms in total. The number of aromatic hydroxyl groups is 1. The summed E-state index contributed by atoms with van der Waals surface area (Å²) in [6, 6.07) is 11.6. The minimum absolute atomic E-state index is 0.00572. The summed E-state index contributed by atoms with van der Waals surface area (Å²) < 4.78 is 13.3. The number of halogens is 1. The van der Waals surface area contributed by atoms with Crippen molar-refractivity contribution in [2.24, 2.45) is 0 Å². The van der Waals surface area contributed by atoms with Gasteiger partial charge in [0.1, 0.15) is 0 Å². The van der Waals surface area contributed by atoms with Crippen LogP contribution in [0.15, 0.2) is 48.5 Å². The number of H-pyrrole nitrogens is 1. The number of rotatable bonds is 4. The van der Waals surface area contributed by atoms with Crippen LogP contribution in [-0.2, 0) is 0 Å². The normalized spacial score (nSPS) is 10.5. The largest absolute Gasteiger partial charge is 0.505 e. The number of nitrogens with zero attached hydrogens (tertiary/aromatic N) is 2. The van der Waals surface area contributed by atoms with Gasteiger partial charge in [-0.05, 0) is 24.3 Å². The number of nitro benzene ring substituents is 1. The van der Waals surface area contributed by atoms with E-state index in [4.69, 9.17) is 5.11 Å². The summed E-state index contributed by atoms with van der Waals surface area (Å²) in [4.78, 5) is 10.2. The molecule has 0 aliphatic heterocycles. The average Bonchev–Trinajstić information content (AvgIpc) is 2.99. The number of anilines is 2. The van der Waals surface area contributed by atoms with Crippen LogP contribution in [0.4, 0.5) is 21.6 Å². The number of phenols is 1. The van der Waals surface area contributed by atoms with Gasteiger partial charge in [0.05, 0.1) is 10.6 Å². The molecule has 0 radical (unpaired) electrons. The number of hydrogen-bond acceptors (Lipinski definition) is 5. The lowest BCUT2D eigenvalue weighted by Gasteiger charge is -2.03. The molecule has 8 heteroatoms. The van der Waals surface area contributed by atoms with Crippen molar-refractivity contribution in [1.29, 1.82) is 0 Å². The standard InChI is InChI=1S/C15H11FN4O3/c16-12-7-10(3-6-14(12)21)17-15-8-13(18-19-15)9-1-4-11(5-2-9)20(22)23/h1-8,21H,(H2,17,18,19). The van der Waals surface area contributed by atoms with Crippen LogP contribution in [0.1, 0.15) is 0 Å². The van der Waals surface area contributed by atoms with E-state index in [0.717, 1.165) is 11.6 Å². The Hall–Kier alpha value is -3.42. The molecule has 0 aliphatic carbocycles. The second kappa shape index (κ2) is 5.76. The third kappa shape index (κ3) is 3.10. The lowest BCUT2D eigenvalue weighted by Crippen LogP contribution is -1.91. The third-order valence-electron chi connectivity index (χ3n) is 3.19. The number of non-ortho nitro benzene ring substituents is 1. The molecule has 1 heterocycles. The zero-order valence-electron chi connectivity index (χ0n) is 11.7. The van der Waals surface area contributed by atoms with Gasteiger partial charge in [0.15, 0.2) is 17.4 Å². The summed E-state index contributed by atoms with van der Waals surface area (Å²) in [6.07, 6.45) is 0. The van der Waals surface area contributed by atoms with Crippen molar-refractivity contribution in [3.63, 3.8) is 0 Å². The van der Waals surface area contributed by atoms with E-state index >= 15 is 0 Å². The Morgan fingerprint density at radius 3 is 2.57 bits per heavy atom. The van der Waals surface area contributed by atoms with Crippen molar-refractivity contribution in [2.45, 2.75) is 0 Å². The molecular formula is C15H11FN4O3. The quantitative estimate of drug-likeness (QED) is 0.388. The Morgan fingerprint density at radius 2 is 1.91 bits per heavy atom. The number of aromatic nitrogens is 2. The summed E-state index contributed by atoms with van der Waals surface area (Å²) in [5, 5.41) is 29.5. The van der Waals surface area contributed by atoms with Gasteiger partial charge in [-0.15, -0.1) is 0 Å². The summed E-state index contributed by atoms with van der Waals surface area (Å²) in [6.45, 7) is 0. The maximum atomic E-state index is 13.3. The first-order valence-electron chi connectivity index (χ1n) is 6.59. The monoisotopic (exact) mass is 314 g/mol. The molecule has 0 saturated carbocycles. The number of phenolic OH excluding ortho intramolecular Hbond substituents is 1. The fourth-order valence-electron chi connectivity index (χ4n) is 2.03. The molecule has 3 rings (SSSR count). The highest BCUT2D eigenvalue weighted by molar-refractivity contribution is 5.67. The topological polar surface area (TPSA) is 104 Å². The van der Waals surface area contributed by atoms with Crippen LogP contribution >= 0.6 is 0 Å². The van der Waals surface area contributed by atoms with E-state index in [-0.39, 0.29) is 5.69 Å². The summed E-state index contributed by atoms with van der Waals surface area (Å²) in [5.74, 6) is -0.714.